The molecular formula is C16H30O7P2. The highest BCUT2D eigenvalue weighted by Crippen LogP contribution is 2.65. The van der Waals surface area contributed by atoms with Crippen molar-refractivity contribution >= 4 is 15.2 Å². The van der Waals surface area contributed by atoms with Crippen LogP contribution in [0.2, 0.25) is 0 Å². The van der Waals surface area contributed by atoms with E-state index < -0.39 is 31.1 Å². The average Bonchev–Trinajstić information content (AvgIpc) is 2.47. The van der Waals surface area contributed by atoms with Gasteiger partial charge >= 0.3 is 15.2 Å². The van der Waals surface area contributed by atoms with Crippen LogP contribution in [0, 0.1) is 0 Å². The topological polar surface area (TPSA) is 135 Å². The standard InChI is InChI=1S/C16H30O7P2/c1-5-14(6-2,24(18,19)20)13-10-9-11-15(17,12-13)16(7-3,8-4)25(21,22)23/h9-11,17H,5-8,12H2,1-4H3,(H2,18,19,20)(H2,21,22,23). The van der Waals surface area contributed by atoms with Crippen LogP contribution in [-0.4, -0.2) is 40.6 Å². The highest BCUT2D eigenvalue weighted by atomic mass is 31.2. The summed E-state index contributed by atoms with van der Waals surface area (Å²) in [6.07, 6.45) is 4.50. The third kappa shape index (κ3) is 3.49. The van der Waals surface area contributed by atoms with E-state index in [4.69, 9.17) is 0 Å². The van der Waals surface area contributed by atoms with Gasteiger partial charge in [-0.1, -0.05) is 45.9 Å². The molecule has 0 aromatic carbocycles. The first-order chi connectivity index (χ1) is 11.3. The van der Waals surface area contributed by atoms with Crippen LogP contribution < -0.4 is 0 Å². The van der Waals surface area contributed by atoms with Crippen LogP contribution >= 0.6 is 15.2 Å². The Kier molecular flexibility index (Phi) is 6.74. The quantitative estimate of drug-likeness (QED) is 0.398. The van der Waals surface area contributed by atoms with Gasteiger partial charge in [0, 0.05) is 6.42 Å². The molecule has 1 rings (SSSR count). The fourth-order valence-electron chi connectivity index (χ4n) is 4.20. The van der Waals surface area contributed by atoms with Gasteiger partial charge in [-0.15, -0.1) is 0 Å². The van der Waals surface area contributed by atoms with E-state index in [1.807, 2.05) is 0 Å². The van der Waals surface area contributed by atoms with Gasteiger partial charge in [0.05, 0.1) is 5.16 Å². The van der Waals surface area contributed by atoms with Gasteiger partial charge in [0.25, 0.3) is 0 Å². The maximum Gasteiger partial charge on any atom is 0.335 e. The number of aliphatic hydroxyl groups is 1. The van der Waals surface area contributed by atoms with Crippen molar-refractivity contribution in [3.05, 3.63) is 23.8 Å². The molecule has 0 aromatic heterocycles. The van der Waals surface area contributed by atoms with E-state index in [1.165, 1.54) is 12.2 Å². The SMILES string of the molecule is CCC(CC)(C1=CC=CC(O)(C(CC)(CC)P(=O)(O)O)C1)P(=O)(O)O. The first kappa shape index (κ1) is 22.8. The molecule has 9 heteroatoms. The van der Waals surface area contributed by atoms with E-state index in [0.717, 1.165) is 0 Å². The predicted octanol–water partition coefficient (Wildman–Crippen LogP) is 3.08. The zero-order valence-corrected chi connectivity index (χ0v) is 17.0. The van der Waals surface area contributed by atoms with Crippen LogP contribution in [-0.2, 0) is 9.13 Å². The molecule has 5 N–H and O–H groups in total. The van der Waals surface area contributed by atoms with Crippen LogP contribution in [0.4, 0.5) is 0 Å². The molecule has 0 aliphatic heterocycles. The summed E-state index contributed by atoms with van der Waals surface area (Å²) in [5.41, 5.74) is -1.56. The van der Waals surface area contributed by atoms with Gasteiger partial charge in [0.2, 0.25) is 0 Å². The molecule has 0 amide bonds. The summed E-state index contributed by atoms with van der Waals surface area (Å²) in [6, 6.07) is 0. The highest BCUT2D eigenvalue weighted by Gasteiger charge is 2.60. The van der Waals surface area contributed by atoms with Crippen molar-refractivity contribution in [2.24, 2.45) is 0 Å². The first-order valence-electron chi connectivity index (χ1n) is 8.53. The molecule has 0 radical (unpaired) electrons. The van der Waals surface area contributed by atoms with Crippen molar-refractivity contribution in [2.45, 2.75) is 75.7 Å². The van der Waals surface area contributed by atoms with Gasteiger partial charge in [0.1, 0.15) is 10.8 Å². The van der Waals surface area contributed by atoms with Crippen LogP contribution in [0.1, 0.15) is 59.8 Å². The lowest BCUT2D eigenvalue weighted by molar-refractivity contribution is 0.0244. The van der Waals surface area contributed by atoms with E-state index in [2.05, 4.69) is 0 Å². The Bertz CT molecular complexity index is 635. The summed E-state index contributed by atoms with van der Waals surface area (Å²) in [6.45, 7) is 6.53. The van der Waals surface area contributed by atoms with Crippen LogP contribution in [0.3, 0.4) is 0 Å². The number of hydrogen-bond acceptors (Lipinski definition) is 3. The Morgan fingerprint density at radius 3 is 1.76 bits per heavy atom. The van der Waals surface area contributed by atoms with E-state index in [9.17, 15) is 33.8 Å². The molecule has 7 nitrogen and oxygen atoms in total. The maximum atomic E-state index is 12.2. The highest BCUT2D eigenvalue weighted by molar-refractivity contribution is 7.54. The van der Waals surface area contributed by atoms with Crippen molar-refractivity contribution in [1.29, 1.82) is 0 Å². The lowest BCUT2D eigenvalue weighted by Crippen LogP contribution is -2.54. The van der Waals surface area contributed by atoms with E-state index in [1.54, 1.807) is 33.8 Å². The van der Waals surface area contributed by atoms with Gasteiger partial charge in [0.15, 0.2) is 0 Å². The summed E-state index contributed by atoms with van der Waals surface area (Å²) >= 11 is 0. The Labute approximate surface area is 149 Å². The summed E-state index contributed by atoms with van der Waals surface area (Å²) in [5, 5.41) is 8.07. The zero-order chi connectivity index (χ0) is 19.7. The van der Waals surface area contributed by atoms with Crippen molar-refractivity contribution in [1.82, 2.24) is 0 Å². The fourth-order valence-corrected chi connectivity index (χ4v) is 7.03. The molecule has 0 heterocycles. The third-order valence-corrected chi connectivity index (χ3v) is 10.2. The molecule has 0 saturated heterocycles. The van der Waals surface area contributed by atoms with E-state index >= 15 is 0 Å². The molecule has 146 valence electrons. The second kappa shape index (κ2) is 7.40. The Hall–Kier alpha value is -0.260. The van der Waals surface area contributed by atoms with E-state index in [0.29, 0.717) is 5.57 Å². The normalized spacial score (nSPS) is 22.8. The first-order valence-corrected chi connectivity index (χ1v) is 11.8. The Balaban J connectivity index is 3.54. The minimum atomic E-state index is -4.70. The van der Waals surface area contributed by atoms with Crippen LogP contribution in [0.25, 0.3) is 0 Å². The second-order valence-corrected chi connectivity index (χ2v) is 10.6. The molecule has 0 spiro atoms. The monoisotopic (exact) mass is 396 g/mol. The van der Waals surface area contributed by atoms with Crippen molar-refractivity contribution in [3.63, 3.8) is 0 Å². The van der Waals surface area contributed by atoms with Gasteiger partial charge in [-0.25, -0.2) is 0 Å². The number of hydrogen-bond donors (Lipinski definition) is 5. The van der Waals surface area contributed by atoms with Crippen molar-refractivity contribution in [3.8, 4) is 0 Å². The minimum Gasteiger partial charge on any atom is -0.384 e. The molecule has 0 aromatic rings. The molecular weight excluding hydrogens is 366 g/mol. The molecule has 25 heavy (non-hydrogen) atoms. The predicted molar refractivity (Wildman–Crippen MR) is 97.5 cm³/mol. The Morgan fingerprint density at radius 1 is 0.960 bits per heavy atom. The van der Waals surface area contributed by atoms with Gasteiger partial charge in [-0.2, -0.15) is 0 Å². The number of allylic oxidation sites excluding steroid dienone is 2. The summed E-state index contributed by atoms with van der Waals surface area (Å²) < 4.78 is 24.4. The van der Waals surface area contributed by atoms with Crippen molar-refractivity contribution in [2.75, 3.05) is 0 Å². The molecule has 1 aliphatic carbocycles. The maximum absolute atomic E-state index is 12.2. The Morgan fingerprint density at radius 2 is 1.44 bits per heavy atom. The second-order valence-electron chi connectivity index (χ2n) is 6.72. The van der Waals surface area contributed by atoms with Gasteiger partial charge in [-0.05, 0) is 31.3 Å². The average molecular weight is 396 g/mol. The third-order valence-electron chi connectivity index (χ3n) is 5.99. The molecule has 1 aliphatic rings. The number of rotatable bonds is 8. The summed E-state index contributed by atoms with van der Waals surface area (Å²) in [5.74, 6) is 0. The minimum absolute atomic E-state index is 0.0308. The van der Waals surface area contributed by atoms with Crippen LogP contribution in [0.5, 0.6) is 0 Å². The van der Waals surface area contributed by atoms with Crippen LogP contribution in [0.15, 0.2) is 23.8 Å². The molecule has 0 fully saturated rings. The lowest BCUT2D eigenvalue weighted by atomic mass is 9.72. The summed E-state index contributed by atoms with van der Waals surface area (Å²) in [7, 11) is -9.25. The molecule has 1 unspecified atom stereocenters. The fraction of sp³-hybridized carbons (Fsp3) is 0.750. The van der Waals surface area contributed by atoms with E-state index in [-0.39, 0.29) is 32.1 Å². The van der Waals surface area contributed by atoms with Gasteiger partial charge < -0.3 is 24.7 Å². The van der Waals surface area contributed by atoms with Crippen molar-refractivity contribution < 1.29 is 33.8 Å². The smallest absolute Gasteiger partial charge is 0.335 e. The summed E-state index contributed by atoms with van der Waals surface area (Å²) in [4.78, 5) is 39.8. The van der Waals surface area contributed by atoms with Gasteiger partial charge in [-0.3, -0.25) is 9.13 Å². The molecule has 0 bridgehead atoms. The molecule has 0 saturated carbocycles. The largest absolute Gasteiger partial charge is 0.384 e. The molecule has 1 atom stereocenters. The zero-order valence-electron chi connectivity index (χ0n) is 15.2. The lowest BCUT2D eigenvalue weighted by Gasteiger charge is -2.48.